The normalized spacial score (nSPS) is 34.1. The van der Waals surface area contributed by atoms with Gasteiger partial charge in [0.2, 0.25) is 0 Å². The summed E-state index contributed by atoms with van der Waals surface area (Å²) in [6.45, 7) is 13.3. The van der Waals surface area contributed by atoms with E-state index in [1.807, 2.05) is 0 Å². The Kier molecular flexibility index (Phi) is 3.33. The monoisotopic (exact) mass is 224 g/mol. The van der Waals surface area contributed by atoms with Gasteiger partial charge in [-0.2, -0.15) is 0 Å². The minimum atomic E-state index is 0.357. The van der Waals surface area contributed by atoms with Crippen LogP contribution in [0, 0.1) is 5.41 Å². The minimum absolute atomic E-state index is 0.357. The van der Waals surface area contributed by atoms with E-state index in [1.165, 1.54) is 45.3 Å². The lowest BCUT2D eigenvalue weighted by Gasteiger charge is -2.41. The molecule has 94 valence electrons. The van der Waals surface area contributed by atoms with Crippen LogP contribution in [-0.2, 0) is 0 Å². The van der Waals surface area contributed by atoms with E-state index in [0.717, 1.165) is 6.04 Å². The first-order chi connectivity index (χ1) is 7.44. The number of nitrogens with zero attached hydrogens (tertiary/aromatic N) is 1. The van der Waals surface area contributed by atoms with Gasteiger partial charge in [-0.05, 0) is 51.6 Å². The molecule has 16 heavy (non-hydrogen) atoms. The molecule has 0 radical (unpaired) electrons. The van der Waals surface area contributed by atoms with Crippen molar-refractivity contribution in [3.05, 3.63) is 0 Å². The molecule has 0 saturated carbocycles. The number of rotatable bonds is 2. The maximum atomic E-state index is 3.64. The van der Waals surface area contributed by atoms with Crippen molar-refractivity contribution in [1.82, 2.24) is 10.2 Å². The average molecular weight is 224 g/mol. The first kappa shape index (κ1) is 12.4. The van der Waals surface area contributed by atoms with Crippen LogP contribution in [0.3, 0.4) is 0 Å². The summed E-state index contributed by atoms with van der Waals surface area (Å²) in [6, 6.07) is 0.788. The summed E-state index contributed by atoms with van der Waals surface area (Å²) in [6.07, 6.45) is 5.44. The molecule has 1 N–H and O–H groups in total. The first-order valence-electron chi connectivity index (χ1n) is 6.93. The summed E-state index contributed by atoms with van der Waals surface area (Å²) < 4.78 is 0. The van der Waals surface area contributed by atoms with Gasteiger partial charge in [-0.15, -0.1) is 0 Å². The topological polar surface area (TPSA) is 15.3 Å². The second kappa shape index (κ2) is 4.30. The van der Waals surface area contributed by atoms with Crippen molar-refractivity contribution in [2.45, 2.75) is 65.0 Å². The van der Waals surface area contributed by atoms with Crippen molar-refractivity contribution in [3.8, 4) is 0 Å². The highest BCUT2D eigenvalue weighted by atomic mass is 15.2. The minimum Gasteiger partial charge on any atom is -0.310 e. The van der Waals surface area contributed by atoms with E-state index in [1.54, 1.807) is 0 Å². The largest absolute Gasteiger partial charge is 0.310 e. The molecule has 0 amide bonds. The highest BCUT2D eigenvalue weighted by Crippen LogP contribution is 2.36. The Hall–Kier alpha value is -0.0800. The Morgan fingerprint density at radius 3 is 2.25 bits per heavy atom. The van der Waals surface area contributed by atoms with E-state index in [4.69, 9.17) is 0 Å². The van der Waals surface area contributed by atoms with Crippen LogP contribution in [0.4, 0.5) is 0 Å². The second-order valence-corrected chi connectivity index (χ2v) is 6.82. The van der Waals surface area contributed by atoms with E-state index in [9.17, 15) is 0 Å². The van der Waals surface area contributed by atoms with Gasteiger partial charge in [0.1, 0.15) is 0 Å². The van der Waals surface area contributed by atoms with Crippen LogP contribution >= 0.6 is 0 Å². The van der Waals surface area contributed by atoms with E-state index in [0.29, 0.717) is 11.0 Å². The van der Waals surface area contributed by atoms with Crippen LogP contribution in [0.15, 0.2) is 0 Å². The fourth-order valence-electron chi connectivity index (χ4n) is 3.17. The molecule has 0 aromatic carbocycles. The maximum absolute atomic E-state index is 3.64. The van der Waals surface area contributed by atoms with Gasteiger partial charge in [0.15, 0.2) is 0 Å². The average Bonchev–Trinajstić information content (AvgIpc) is 2.60. The highest BCUT2D eigenvalue weighted by molar-refractivity contribution is 4.96. The molecule has 2 nitrogen and oxygen atoms in total. The van der Waals surface area contributed by atoms with Crippen molar-refractivity contribution in [3.63, 3.8) is 0 Å². The van der Waals surface area contributed by atoms with Gasteiger partial charge in [0.25, 0.3) is 0 Å². The van der Waals surface area contributed by atoms with Crippen LogP contribution in [0.5, 0.6) is 0 Å². The van der Waals surface area contributed by atoms with E-state index >= 15 is 0 Å². The Morgan fingerprint density at radius 1 is 1.19 bits per heavy atom. The third kappa shape index (κ3) is 2.60. The van der Waals surface area contributed by atoms with Crippen molar-refractivity contribution in [2.75, 3.05) is 19.6 Å². The van der Waals surface area contributed by atoms with E-state index in [-0.39, 0.29) is 0 Å². The number of hydrogen-bond acceptors (Lipinski definition) is 2. The SMILES string of the molecule is CCC1(C)CCN(C2CNC(C)(C)C2)CC1. The summed E-state index contributed by atoms with van der Waals surface area (Å²) in [7, 11) is 0. The van der Waals surface area contributed by atoms with Gasteiger partial charge in [0, 0.05) is 18.1 Å². The summed E-state index contributed by atoms with van der Waals surface area (Å²) >= 11 is 0. The molecule has 0 aliphatic carbocycles. The summed E-state index contributed by atoms with van der Waals surface area (Å²) in [5.74, 6) is 0. The fourth-order valence-corrected chi connectivity index (χ4v) is 3.17. The molecule has 0 aromatic heterocycles. The molecule has 2 saturated heterocycles. The van der Waals surface area contributed by atoms with Gasteiger partial charge < -0.3 is 5.32 Å². The first-order valence-corrected chi connectivity index (χ1v) is 6.93. The lowest BCUT2D eigenvalue weighted by atomic mass is 9.78. The van der Waals surface area contributed by atoms with Gasteiger partial charge >= 0.3 is 0 Å². The van der Waals surface area contributed by atoms with Crippen molar-refractivity contribution >= 4 is 0 Å². The smallest absolute Gasteiger partial charge is 0.0238 e. The molecule has 2 fully saturated rings. The molecule has 2 heteroatoms. The molecule has 0 aromatic rings. The molecule has 2 rings (SSSR count). The lowest BCUT2D eigenvalue weighted by Crippen LogP contribution is -2.45. The van der Waals surface area contributed by atoms with Gasteiger partial charge in [0.05, 0.1) is 0 Å². The number of hydrogen-bond donors (Lipinski definition) is 1. The molecule has 1 unspecified atom stereocenters. The third-order valence-electron chi connectivity index (χ3n) is 4.94. The molecule has 0 bridgehead atoms. The van der Waals surface area contributed by atoms with Gasteiger partial charge in [-0.25, -0.2) is 0 Å². The summed E-state index contributed by atoms with van der Waals surface area (Å²) in [5.41, 5.74) is 0.980. The standard InChI is InChI=1S/C14H28N2/c1-5-14(4)6-8-16(9-7-14)12-10-13(2,3)15-11-12/h12,15H,5-11H2,1-4H3. The maximum Gasteiger partial charge on any atom is 0.0238 e. The predicted molar refractivity (Wildman–Crippen MR) is 69.7 cm³/mol. The van der Waals surface area contributed by atoms with Crippen LogP contribution in [0.2, 0.25) is 0 Å². The van der Waals surface area contributed by atoms with Crippen LogP contribution in [-0.4, -0.2) is 36.1 Å². The molecule has 0 spiro atoms. The Labute approximate surface area is 101 Å². The number of piperidine rings is 1. The van der Waals surface area contributed by atoms with Gasteiger partial charge in [-0.1, -0.05) is 20.3 Å². The molecule has 2 aliphatic rings. The van der Waals surface area contributed by atoms with Crippen molar-refractivity contribution < 1.29 is 0 Å². The quantitative estimate of drug-likeness (QED) is 0.776. The highest BCUT2D eigenvalue weighted by Gasteiger charge is 2.37. The third-order valence-corrected chi connectivity index (χ3v) is 4.94. The molecule has 2 heterocycles. The van der Waals surface area contributed by atoms with Crippen LogP contribution < -0.4 is 5.32 Å². The van der Waals surface area contributed by atoms with E-state index < -0.39 is 0 Å². The van der Waals surface area contributed by atoms with Crippen LogP contribution in [0.1, 0.15) is 53.4 Å². The van der Waals surface area contributed by atoms with Crippen LogP contribution in [0.25, 0.3) is 0 Å². The van der Waals surface area contributed by atoms with Gasteiger partial charge in [-0.3, -0.25) is 4.90 Å². The fraction of sp³-hybridized carbons (Fsp3) is 1.00. The predicted octanol–water partition coefficient (Wildman–Crippen LogP) is 2.64. The van der Waals surface area contributed by atoms with E-state index in [2.05, 4.69) is 37.9 Å². The zero-order valence-electron chi connectivity index (χ0n) is 11.5. The lowest BCUT2D eigenvalue weighted by molar-refractivity contribution is 0.0848. The second-order valence-electron chi connectivity index (χ2n) is 6.82. The molecule has 1 atom stereocenters. The summed E-state index contributed by atoms with van der Waals surface area (Å²) in [5, 5.41) is 3.64. The molecular weight excluding hydrogens is 196 g/mol. The van der Waals surface area contributed by atoms with Crippen molar-refractivity contribution in [2.24, 2.45) is 5.41 Å². The number of nitrogens with one attached hydrogen (secondary N) is 1. The Bertz CT molecular complexity index is 239. The Morgan fingerprint density at radius 2 is 1.81 bits per heavy atom. The number of likely N-dealkylation sites (tertiary alicyclic amines) is 1. The summed E-state index contributed by atoms with van der Waals surface area (Å²) in [4.78, 5) is 2.72. The molecule has 2 aliphatic heterocycles. The Balaban J connectivity index is 1.86. The molecular formula is C14H28N2. The zero-order valence-corrected chi connectivity index (χ0v) is 11.5. The zero-order chi connectivity index (χ0) is 11.8. The van der Waals surface area contributed by atoms with Crippen molar-refractivity contribution in [1.29, 1.82) is 0 Å².